The lowest BCUT2D eigenvalue weighted by Gasteiger charge is -2.24. The van der Waals surface area contributed by atoms with Gasteiger partial charge < -0.3 is 15.0 Å². The molecule has 22 heavy (non-hydrogen) atoms. The number of Topliss-reactive ketones (excluding diaryl/α,β-unsaturated/α-hetero) is 1. The van der Waals surface area contributed by atoms with Crippen molar-refractivity contribution in [2.24, 2.45) is 7.05 Å². The van der Waals surface area contributed by atoms with Gasteiger partial charge in [0, 0.05) is 13.1 Å². The third-order valence-electron chi connectivity index (χ3n) is 3.76. The number of aryl methyl sites for hydroxylation is 1. The van der Waals surface area contributed by atoms with Gasteiger partial charge in [-0.2, -0.15) is 4.68 Å². The van der Waals surface area contributed by atoms with E-state index < -0.39 is 0 Å². The highest BCUT2D eigenvalue weighted by atomic mass is 35.5. The van der Waals surface area contributed by atoms with Gasteiger partial charge in [0.05, 0.1) is 12.6 Å². The summed E-state index contributed by atoms with van der Waals surface area (Å²) in [7, 11) is 1.67. The van der Waals surface area contributed by atoms with Crippen molar-refractivity contribution in [1.82, 2.24) is 30.4 Å². The van der Waals surface area contributed by atoms with Crippen LogP contribution in [-0.2, 0) is 11.8 Å². The Labute approximate surface area is 140 Å². The second-order valence-electron chi connectivity index (χ2n) is 5.43. The predicted octanol–water partition coefficient (Wildman–Crippen LogP) is 0.0811. The quantitative estimate of drug-likeness (QED) is 0.750. The predicted molar refractivity (Wildman–Crippen MR) is 85.0 cm³/mol. The minimum Gasteiger partial charge on any atom is -0.396 e. The number of nitrogens with one attached hydrogen (secondary N) is 1. The Balaban J connectivity index is 0.00000176. The molecule has 1 aliphatic carbocycles. The number of carbonyl (C=O) groups is 1. The van der Waals surface area contributed by atoms with E-state index in [0.29, 0.717) is 6.04 Å². The summed E-state index contributed by atoms with van der Waals surface area (Å²) in [6.45, 7) is 1.19. The number of carbonyl (C=O) groups excluding carboxylic acids is 1. The van der Waals surface area contributed by atoms with Crippen LogP contribution in [0, 0.1) is 0 Å². The monoisotopic (exact) mass is 346 g/mol. The second kappa shape index (κ2) is 7.30. The van der Waals surface area contributed by atoms with Crippen LogP contribution in [0.25, 0.3) is 0 Å². The zero-order valence-corrected chi connectivity index (χ0v) is 13.9. The number of hydrogen-bond acceptors (Lipinski definition) is 7. The second-order valence-corrected chi connectivity index (χ2v) is 5.78. The molecule has 0 spiro atoms. The number of hydrogen-bond donors (Lipinski definition) is 1. The van der Waals surface area contributed by atoms with Crippen molar-refractivity contribution in [3.8, 4) is 6.01 Å². The summed E-state index contributed by atoms with van der Waals surface area (Å²) < 4.78 is 6.92. The van der Waals surface area contributed by atoms with Gasteiger partial charge >= 0.3 is 6.01 Å². The largest absolute Gasteiger partial charge is 0.396 e. The first-order chi connectivity index (χ1) is 10.1. The summed E-state index contributed by atoms with van der Waals surface area (Å²) in [5.41, 5.74) is 0. The third-order valence-corrected chi connectivity index (χ3v) is 4.08. The fourth-order valence-electron chi connectivity index (χ4n) is 2.41. The molecule has 1 aromatic rings. The average Bonchev–Trinajstić information content (AvgIpc) is 2.98. The highest BCUT2D eigenvalue weighted by Crippen LogP contribution is 2.28. The molecule has 0 amide bonds. The summed E-state index contributed by atoms with van der Waals surface area (Å²) in [5, 5.41) is 14.4. The molecule has 1 saturated heterocycles. The van der Waals surface area contributed by atoms with E-state index in [2.05, 4.69) is 20.8 Å². The number of ether oxygens (including phenoxy) is 1. The number of tetrazole rings is 1. The van der Waals surface area contributed by atoms with Crippen LogP contribution in [0.15, 0.2) is 0 Å². The molecule has 0 aromatic carbocycles. The molecule has 2 aliphatic rings. The van der Waals surface area contributed by atoms with E-state index in [1.54, 1.807) is 7.05 Å². The maximum atomic E-state index is 12.3. The lowest BCUT2D eigenvalue weighted by atomic mass is 10.1. The molecule has 2 fully saturated rings. The third kappa shape index (κ3) is 3.90. The average molecular weight is 347 g/mol. The Bertz CT molecular complexity index is 543. The summed E-state index contributed by atoms with van der Waals surface area (Å²) in [6.07, 6.45) is 4.02. The maximum absolute atomic E-state index is 12.3. The van der Waals surface area contributed by atoms with Crippen LogP contribution in [0.4, 0.5) is 0 Å². The van der Waals surface area contributed by atoms with Gasteiger partial charge in [0.1, 0.15) is 0 Å². The van der Waals surface area contributed by atoms with Gasteiger partial charge in [-0.1, -0.05) is 5.10 Å². The zero-order valence-electron chi connectivity index (χ0n) is 12.3. The molecule has 8 nitrogen and oxygen atoms in total. The number of halogens is 1. The van der Waals surface area contributed by atoms with Crippen molar-refractivity contribution in [2.75, 3.05) is 13.1 Å². The van der Waals surface area contributed by atoms with Gasteiger partial charge in [0.2, 0.25) is 0 Å². The van der Waals surface area contributed by atoms with Crippen LogP contribution in [0.5, 0.6) is 6.01 Å². The van der Waals surface area contributed by atoms with Crippen molar-refractivity contribution in [3.63, 3.8) is 0 Å². The Morgan fingerprint density at radius 3 is 2.82 bits per heavy atom. The SMILES string of the molecule is Cl.Cn1nnnc1OC(=S)N(CC(=O)[C@H]1CCCN1)C1CC1. The summed E-state index contributed by atoms with van der Waals surface area (Å²) in [4.78, 5) is 14.2. The minimum atomic E-state index is -0.0504. The molecule has 3 rings (SSSR count). The highest BCUT2D eigenvalue weighted by molar-refractivity contribution is 7.80. The number of aromatic nitrogens is 4. The minimum absolute atomic E-state index is 0. The van der Waals surface area contributed by atoms with Crippen molar-refractivity contribution < 1.29 is 9.53 Å². The summed E-state index contributed by atoms with van der Waals surface area (Å²) in [6, 6.07) is 0.478. The first-order valence-corrected chi connectivity index (χ1v) is 7.53. The maximum Gasteiger partial charge on any atom is 0.342 e. The van der Waals surface area contributed by atoms with Crippen molar-refractivity contribution in [3.05, 3.63) is 0 Å². The van der Waals surface area contributed by atoms with Crippen molar-refractivity contribution in [1.29, 1.82) is 0 Å². The van der Waals surface area contributed by atoms with Gasteiger partial charge in [-0.25, -0.2) is 0 Å². The smallest absolute Gasteiger partial charge is 0.342 e. The van der Waals surface area contributed by atoms with Crippen LogP contribution in [0.2, 0.25) is 0 Å². The molecule has 10 heteroatoms. The van der Waals surface area contributed by atoms with Crippen LogP contribution >= 0.6 is 24.6 Å². The standard InChI is InChI=1S/C12H18N6O2S.ClH/c1-17-11(14-15-16-17)20-12(21)18(8-4-5-8)7-10(19)9-3-2-6-13-9;/h8-9,13H,2-7H2,1H3;1H/t9-;/m1./s1. The van der Waals surface area contributed by atoms with E-state index in [1.807, 2.05) is 4.90 Å². The van der Waals surface area contributed by atoms with Crippen LogP contribution in [-0.4, -0.2) is 61.2 Å². The topological polar surface area (TPSA) is 85.2 Å². The van der Waals surface area contributed by atoms with Crippen molar-refractivity contribution in [2.45, 2.75) is 37.8 Å². The fourth-order valence-corrected chi connectivity index (χ4v) is 2.70. The molecule has 1 aliphatic heterocycles. The molecule has 2 heterocycles. The Kier molecular flexibility index (Phi) is 5.65. The highest BCUT2D eigenvalue weighted by Gasteiger charge is 2.35. The molecule has 0 radical (unpaired) electrons. The number of nitrogens with zero attached hydrogens (tertiary/aromatic N) is 5. The van der Waals surface area contributed by atoms with E-state index in [0.717, 1.165) is 32.2 Å². The molecular weight excluding hydrogens is 328 g/mol. The van der Waals surface area contributed by atoms with Gasteiger partial charge in [-0.3, -0.25) is 4.79 Å². The molecule has 1 atom stereocenters. The van der Waals surface area contributed by atoms with E-state index >= 15 is 0 Å². The molecule has 122 valence electrons. The number of rotatable bonds is 5. The molecule has 0 unspecified atom stereocenters. The molecule has 1 aromatic heterocycles. The van der Waals surface area contributed by atoms with Crippen molar-refractivity contribution >= 4 is 35.6 Å². The number of ketones is 1. The van der Waals surface area contributed by atoms with Gasteiger partial charge in [-0.15, -0.1) is 12.4 Å². The Hall–Kier alpha value is -1.32. The lowest BCUT2D eigenvalue weighted by molar-refractivity contribution is -0.121. The molecule has 1 saturated carbocycles. The van der Waals surface area contributed by atoms with Gasteiger partial charge in [0.25, 0.3) is 5.17 Å². The molecular formula is C12H19ClN6O2S. The Morgan fingerprint density at radius 1 is 1.50 bits per heavy atom. The number of thiocarbonyl (C=S) groups is 1. The lowest BCUT2D eigenvalue weighted by Crippen LogP contribution is -2.44. The van der Waals surface area contributed by atoms with Crippen LogP contribution in [0.1, 0.15) is 25.7 Å². The van der Waals surface area contributed by atoms with Gasteiger partial charge in [-0.05, 0) is 54.9 Å². The fraction of sp³-hybridized carbons (Fsp3) is 0.750. The first kappa shape index (κ1) is 17.0. The summed E-state index contributed by atoms with van der Waals surface area (Å²) in [5.74, 6) is 0.168. The zero-order chi connectivity index (χ0) is 14.8. The normalized spacial score (nSPS) is 20.3. The van der Waals surface area contributed by atoms with E-state index in [-0.39, 0.29) is 42.0 Å². The van der Waals surface area contributed by atoms with Crippen LogP contribution in [0.3, 0.4) is 0 Å². The molecule has 1 N–H and O–H groups in total. The van der Waals surface area contributed by atoms with Crippen LogP contribution < -0.4 is 10.1 Å². The Morgan fingerprint density at radius 2 is 2.27 bits per heavy atom. The van der Waals surface area contributed by atoms with E-state index in [1.165, 1.54) is 4.68 Å². The summed E-state index contributed by atoms with van der Waals surface area (Å²) >= 11 is 5.31. The first-order valence-electron chi connectivity index (χ1n) is 7.12. The van der Waals surface area contributed by atoms with Gasteiger partial charge in [0.15, 0.2) is 5.78 Å². The molecule has 0 bridgehead atoms. The van der Waals surface area contributed by atoms with E-state index in [4.69, 9.17) is 17.0 Å². The van der Waals surface area contributed by atoms with E-state index in [9.17, 15) is 4.79 Å².